The van der Waals surface area contributed by atoms with E-state index in [0.717, 1.165) is 0 Å². The largest absolute Gasteiger partial charge is 0.493 e. The third-order valence-corrected chi connectivity index (χ3v) is 10.6. The van der Waals surface area contributed by atoms with Gasteiger partial charge in [0.2, 0.25) is 5.78 Å². The van der Waals surface area contributed by atoms with E-state index in [4.69, 9.17) is 14.2 Å². The minimum Gasteiger partial charge on any atom is -0.493 e. The highest BCUT2D eigenvalue weighted by Gasteiger charge is 2.75. The van der Waals surface area contributed by atoms with Crippen LogP contribution >= 0.6 is 0 Å². The number of allylic oxidation sites excluding steroid dienone is 2. The Balaban J connectivity index is 1.66. The molecule has 4 fully saturated rings. The molecule has 2 saturated carbocycles. The molecule has 2 saturated heterocycles. The van der Waals surface area contributed by atoms with Gasteiger partial charge < -0.3 is 19.3 Å². The first kappa shape index (κ1) is 24.5. The summed E-state index contributed by atoms with van der Waals surface area (Å²) < 4.78 is 16.6. The van der Waals surface area contributed by atoms with E-state index < -0.39 is 51.7 Å². The van der Waals surface area contributed by atoms with Crippen molar-refractivity contribution in [1.82, 2.24) is 0 Å². The molecule has 35 heavy (non-hydrogen) atoms. The summed E-state index contributed by atoms with van der Waals surface area (Å²) in [6, 6.07) is 0. The van der Waals surface area contributed by atoms with E-state index in [0.29, 0.717) is 12.2 Å². The van der Waals surface area contributed by atoms with E-state index in [9.17, 15) is 24.3 Å². The molecule has 0 spiro atoms. The number of carbonyl (C=O) groups excluding carboxylic acids is 4. The molecular weight excluding hydrogens is 452 g/mol. The first-order chi connectivity index (χ1) is 16.2. The van der Waals surface area contributed by atoms with Gasteiger partial charge in [-0.15, -0.1) is 0 Å². The molecule has 8 nitrogen and oxygen atoms in total. The van der Waals surface area contributed by atoms with Crippen LogP contribution in [0.2, 0.25) is 0 Å². The highest BCUT2D eigenvalue weighted by atomic mass is 16.5. The van der Waals surface area contributed by atoms with Crippen LogP contribution in [0.1, 0.15) is 60.3 Å². The number of rotatable bonds is 3. The van der Waals surface area contributed by atoms with Gasteiger partial charge in [0.1, 0.15) is 18.5 Å². The summed E-state index contributed by atoms with van der Waals surface area (Å²) >= 11 is 0. The van der Waals surface area contributed by atoms with Gasteiger partial charge in [-0.25, -0.2) is 0 Å². The van der Waals surface area contributed by atoms with Crippen molar-refractivity contribution >= 4 is 23.5 Å². The van der Waals surface area contributed by atoms with E-state index in [1.54, 1.807) is 6.92 Å². The first-order valence-electron chi connectivity index (χ1n) is 12.6. The number of aliphatic hydroxyl groups excluding tert-OH is 1. The summed E-state index contributed by atoms with van der Waals surface area (Å²) in [5.74, 6) is -1.92. The topological polar surface area (TPSA) is 116 Å². The smallest absolute Gasteiger partial charge is 0.306 e. The molecule has 192 valence electrons. The van der Waals surface area contributed by atoms with Crippen molar-refractivity contribution in [3.8, 4) is 0 Å². The molecule has 0 amide bonds. The van der Waals surface area contributed by atoms with Crippen LogP contribution in [0, 0.1) is 45.3 Å². The number of Topliss-reactive ketones (excluding diaryl/α,β-unsaturated/α-hetero) is 2. The molecule has 3 aliphatic carbocycles. The summed E-state index contributed by atoms with van der Waals surface area (Å²) in [5.41, 5.74) is -3.86. The zero-order valence-electron chi connectivity index (χ0n) is 21.4. The minimum atomic E-state index is -1.09. The van der Waals surface area contributed by atoms with Gasteiger partial charge in [0.25, 0.3) is 0 Å². The summed E-state index contributed by atoms with van der Waals surface area (Å²) in [6.45, 7) is 9.46. The summed E-state index contributed by atoms with van der Waals surface area (Å²) in [7, 11) is 1.48. The third kappa shape index (κ3) is 2.95. The molecule has 0 aromatic rings. The maximum absolute atomic E-state index is 14.1. The Hall–Kier alpha value is -2.22. The van der Waals surface area contributed by atoms with E-state index >= 15 is 0 Å². The van der Waals surface area contributed by atoms with E-state index in [1.807, 2.05) is 33.8 Å². The lowest BCUT2D eigenvalue weighted by Crippen LogP contribution is -2.73. The van der Waals surface area contributed by atoms with Crippen molar-refractivity contribution in [3.63, 3.8) is 0 Å². The van der Waals surface area contributed by atoms with Crippen molar-refractivity contribution < 1.29 is 38.5 Å². The predicted octanol–water partition coefficient (Wildman–Crippen LogP) is 2.61. The molecule has 0 aromatic heterocycles. The number of fused-ring (bicyclic) bond motifs is 2. The second-order valence-corrected chi connectivity index (χ2v) is 12.5. The number of cyclic esters (lactones) is 1. The highest BCUT2D eigenvalue weighted by molar-refractivity contribution is 6.00. The molecule has 8 heteroatoms. The normalized spacial score (nSPS) is 50.9. The molecule has 2 aliphatic heterocycles. The molecule has 1 N–H and O–H groups in total. The van der Waals surface area contributed by atoms with E-state index in [2.05, 4.69) is 0 Å². The Bertz CT molecular complexity index is 1050. The van der Waals surface area contributed by atoms with Gasteiger partial charge in [0.05, 0.1) is 25.0 Å². The first-order valence-corrected chi connectivity index (χ1v) is 12.6. The van der Waals surface area contributed by atoms with Crippen LogP contribution < -0.4 is 0 Å². The number of hydrogen-bond acceptors (Lipinski definition) is 8. The van der Waals surface area contributed by atoms with Crippen LogP contribution in [-0.4, -0.2) is 54.5 Å². The SMILES string of the molecule is COC1=C[C@@H](C)[C@@H]2C[C@H]3OC(=O)C[C@@H]4[C@@]3(C)[C@H]([C@H](O)C[C@@]4(C)C(=O)[C@@]3(C)COC(=O)C3)[C@@]2(C)C1=O. The lowest BCUT2D eigenvalue weighted by Gasteiger charge is -2.69. The average Bonchev–Trinajstić information content (AvgIpc) is 3.13. The molecule has 10 atom stereocenters. The molecule has 0 radical (unpaired) electrons. The fraction of sp³-hybridized carbons (Fsp3) is 0.778. The lowest BCUT2D eigenvalue weighted by molar-refractivity contribution is -0.269. The molecular formula is C27H36O8. The predicted molar refractivity (Wildman–Crippen MR) is 122 cm³/mol. The average molecular weight is 489 g/mol. The number of hydrogen-bond donors (Lipinski definition) is 1. The van der Waals surface area contributed by atoms with Crippen LogP contribution in [0.5, 0.6) is 0 Å². The maximum atomic E-state index is 14.1. The Morgan fingerprint density at radius 1 is 1.14 bits per heavy atom. The van der Waals surface area contributed by atoms with Gasteiger partial charge >= 0.3 is 11.9 Å². The standard InChI is InChI=1S/C27H36O8/c1-13-7-16(33-6)22(31)26(4)14(13)8-18-27(5)17(9-19(29)35-18)25(3,10-15(28)21(26)27)23(32)24(2)11-20(30)34-12-24/h7,13-15,17-18,21,28H,8-12H2,1-6H3/t13-,14+,15-,17+,18-,21-,24-,25-,26+,27-/m1/s1. The molecule has 0 bridgehead atoms. The Kier molecular flexibility index (Phi) is 5.18. The zero-order valence-corrected chi connectivity index (χ0v) is 21.4. The fourth-order valence-electron chi connectivity index (χ4n) is 9.11. The van der Waals surface area contributed by atoms with Gasteiger partial charge in [-0.3, -0.25) is 19.2 Å². The van der Waals surface area contributed by atoms with Crippen LogP contribution in [0.15, 0.2) is 11.8 Å². The number of methoxy groups -OCH3 is 1. The highest BCUT2D eigenvalue weighted by Crippen LogP contribution is 2.71. The van der Waals surface area contributed by atoms with Crippen molar-refractivity contribution in [2.75, 3.05) is 13.7 Å². The Morgan fingerprint density at radius 3 is 2.43 bits per heavy atom. The second-order valence-electron chi connectivity index (χ2n) is 12.5. The molecule has 5 rings (SSSR count). The van der Waals surface area contributed by atoms with Crippen molar-refractivity contribution in [2.24, 2.45) is 45.3 Å². The van der Waals surface area contributed by atoms with Crippen molar-refractivity contribution in [3.05, 3.63) is 11.8 Å². The Labute approximate surface area is 205 Å². The van der Waals surface area contributed by atoms with Crippen LogP contribution in [-0.2, 0) is 33.4 Å². The summed E-state index contributed by atoms with van der Waals surface area (Å²) in [5, 5.41) is 11.8. The number of carbonyl (C=O) groups is 4. The number of aliphatic hydroxyl groups is 1. The van der Waals surface area contributed by atoms with Crippen molar-refractivity contribution in [2.45, 2.75) is 72.5 Å². The Morgan fingerprint density at radius 2 is 1.83 bits per heavy atom. The van der Waals surface area contributed by atoms with Gasteiger partial charge in [-0.05, 0) is 43.6 Å². The second kappa shape index (κ2) is 7.40. The van der Waals surface area contributed by atoms with Gasteiger partial charge in [0, 0.05) is 28.6 Å². The fourth-order valence-corrected chi connectivity index (χ4v) is 9.11. The lowest BCUT2D eigenvalue weighted by atomic mass is 9.35. The van der Waals surface area contributed by atoms with Gasteiger partial charge in [0.15, 0.2) is 5.76 Å². The van der Waals surface area contributed by atoms with Crippen LogP contribution in [0.25, 0.3) is 0 Å². The van der Waals surface area contributed by atoms with Gasteiger partial charge in [-0.2, -0.15) is 0 Å². The van der Waals surface area contributed by atoms with Crippen molar-refractivity contribution in [1.29, 1.82) is 0 Å². The minimum absolute atomic E-state index is 0.00509. The van der Waals surface area contributed by atoms with Crippen LogP contribution in [0.3, 0.4) is 0 Å². The van der Waals surface area contributed by atoms with E-state index in [-0.39, 0.29) is 55.2 Å². The van der Waals surface area contributed by atoms with Gasteiger partial charge in [-0.1, -0.05) is 27.7 Å². The number of ketones is 2. The monoisotopic (exact) mass is 488 g/mol. The molecule has 0 aromatic carbocycles. The molecule has 2 heterocycles. The number of ether oxygens (including phenoxy) is 3. The maximum Gasteiger partial charge on any atom is 0.306 e. The summed E-state index contributed by atoms with van der Waals surface area (Å²) in [4.78, 5) is 52.8. The number of esters is 2. The molecule has 5 aliphatic rings. The molecule has 0 unspecified atom stereocenters. The van der Waals surface area contributed by atoms with E-state index in [1.165, 1.54) is 7.11 Å². The zero-order chi connectivity index (χ0) is 25.7. The summed E-state index contributed by atoms with van der Waals surface area (Å²) in [6.07, 6.45) is 0.919. The van der Waals surface area contributed by atoms with Crippen LogP contribution in [0.4, 0.5) is 0 Å². The quantitative estimate of drug-likeness (QED) is 0.603. The third-order valence-electron chi connectivity index (χ3n) is 10.6.